The maximum Gasteiger partial charge on any atom is 0.330 e. The lowest BCUT2D eigenvalue weighted by molar-refractivity contribution is -0.134. The van der Waals surface area contributed by atoms with E-state index in [-0.39, 0.29) is 12.1 Å². The molecule has 1 aromatic heterocycles. The van der Waals surface area contributed by atoms with Crippen molar-refractivity contribution in [1.82, 2.24) is 9.55 Å². The summed E-state index contributed by atoms with van der Waals surface area (Å²) in [6.45, 7) is 6.03. The van der Waals surface area contributed by atoms with Crippen molar-refractivity contribution in [2.24, 2.45) is 0 Å². The Kier molecular flexibility index (Phi) is 6.63. The number of aryl methyl sites for hydroxylation is 2. The van der Waals surface area contributed by atoms with E-state index in [9.17, 15) is 14.4 Å². The summed E-state index contributed by atoms with van der Waals surface area (Å²) in [4.78, 5) is 39.1. The number of carbonyl (C=O) groups excluding carboxylic acids is 1. The minimum atomic E-state index is -0.506. The Balaban J connectivity index is 2.53. The van der Waals surface area contributed by atoms with Crippen LogP contribution in [0.5, 0.6) is 0 Å². The SMILES string of the molecule is CCc1c(Sc2cc(C)cc(C)c2)n(CC=CC(=O)OC)c(=O)[nH]c1=O. The predicted molar refractivity (Wildman–Crippen MR) is 102 cm³/mol. The molecule has 0 fully saturated rings. The number of benzene rings is 1. The van der Waals surface area contributed by atoms with Crippen molar-refractivity contribution in [3.63, 3.8) is 0 Å². The van der Waals surface area contributed by atoms with Crippen LogP contribution in [0.15, 0.2) is 49.9 Å². The van der Waals surface area contributed by atoms with Crippen LogP contribution in [-0.2, 0) is 22.5 Å². The summed E-state index contributed by atoms with van der Waals surface area (Å²) in [6, 6.07) is 6.09. The molecule has 2 aromatic rings. The average Bonchev–Trinajstić information content (AvgIpc) is 2.56. The van der Waals surface area contributed by atoms with E-state index in [1.54, 1.807) is 0 Å². The number of carbonyl (C=O) groups is 1. The summed E-state index contributed by atoms with van der Waals surface area (Å²) in [5, 5.41) is 0.584. The number of ether oxygens (including phenoxy) is 1. The van der Waals surface area contributed by atoms with Gasteiger partial charge in [-0.05, 0) is 43.5 Å². The lowest BCUT2D eigenvalue weighted by atomic mass is 10.2. The predicted octanol–water partition coefficient (Wildman–Crippen LogP) is 2.60. The number of aromatic nitrogens is 2. The summed E-state index contributed by atoms with van der Waals surface area (Å²) in [6.07, 6.45) is 3.29. The van der Waals surface area contributed by atoms with Crippen LogP contribution in [0.25, 0.3) is 0 Å². The maximum atomic E-state index is 12.3. The number of nitrogens with one attached hydrogen (secondary N) is 1. The molecule has 26 heavy (non-hydrogen) atoms. The molecular weight excluding hydrogens is 352 g/mol. The first-order chi connectivity index (χ1) is 12.3. The highest BCUT2D eigenvalue weighted by atomic mass is 32.2. The summed E-state index contributed by atoms with van der Waals surface area (Å²) in [5.41, 5.74) is 1.87. The Hall–Kier alpha value is -2.54. The van der Waals surface area contributed by atoms with Crippen molar-refractivity contribution >= 4 is 17.7 Å². The number of allylic oxidation sites excluding steroid dienone is 1. The monoisotopic (exact) mass is 374 g/mol. The molecule has 0 spiro atoms. The van der Waals surface area contributed by atoms with Gasteiger partial charge in [-0.25, -0.2) is 9.59 Å². The first-order valence-electron chi connectivity index (χ1n) is 8.22. The molecule has 0 aliphatic carbocycles. The van der Waals surface area contributed by atoms with Crippen molar-refractivity contribution in [1.29, 1.82) is 0 Å². The van der Waals surface area contributed by atoms with Crippen LogP contribution in [0.2, 0.25) is 0 Å². The second-order valence-electron chi connectivity index (χ2n) is 5.86. The van der Waals surface area contributed by atoms with Gasteiger partial charge in [0.1, 0.15) is 0 Å². The van der Waals surface area contributed by atoms with Crippen LogP contribution in [0, 0.1) is 13.8 Å². The molecule has 2 rings (SSSR count). The molecule has 0 atom stereocenters. The lowest BCUT2D eigenvalue weighted by Crippen LogP contribution is -2.33. The van der Waals surface area contributed by atoms with Crippen LogP contribution in [0.1, 0.15) is 23.6 Å². The fraction of sp³-hybridized carbons (Fsp3) is 0.316. The molecule has 0 radical (unpaired) electrons. The molecule has 0 saturated heterocycles. The molecule has 138 valence electrons. The summed E-state index contributed by atoms with van der Waals surface area (Å²) in [7, 11) is 1.29. The Morgan fingerprint density at radius 3 is 2.46 bits per heavy atom. The standard InChI is InChI=1S/C19H22N2O4S/c1-5-15-17(23)20-19(24)21(8-6-7-16(22)25-4)18(15)26-14-10-12(2)9-13(3)11-14/h6-7,9-11H,5,8H2,1-4H3,(H,20,23,24). The van der Waals surface area contributed by atoms with Gasteiger partial charge in [0.05, 0.1) is 12.1 Å². The van der Waals surface area contributed by atoms with Crippen LogP contribution in [0.3, 0.4) is 0 Å². The Labute approximate surface area is 155 Å². The third-order valence-electron chi connectivity index (χ3n) is 3.75. The number of aromatic amines is 1. The normalized spacial score (nSPS) is 11.1. The van der Waals surface area contributed by atoms with Gasteiger partial charge < -0.3 is 4.74 Å². The smallest absolute Gasteiger partial charge is 0.330 e. The molecule has 0 bridgehead atoms. The Morgan fingerprint density at radius 1 is 1.23 bits per heavy atom. The van der Waals surface area contributed by atoms with Crippen LogP contribution >= 0.6 is 11.8 Å². The highest BCUT2D eigenvalue weighted by molar-refractivity contribution is 7.99. The molecule has 0 aliphatic rings. The second-order valence-corrected chi connectivity index (χ2v) is 6.92. The minimum absolute atomic E-state index is 0.158. The maximum absolute atomic E-state index is 12.3. The fourth-order valence-electron chi connectivity index (χ4n) is 2.61. The molecule has 0 aliphatic heterocycles. The molecular formula is C19H22N2O4S. The molecule has 1 heterocycles. The van der Waals surface area contributed by atoms with E-state index < -0.39 is 11.7 Å². The number of hydrogen-bond donors (Lipinski definition) is 1. The van der Waals surface area contributed by atoms with E-state index in [1.165, 1.54) is 35.6 Å². The van der Waals surface area contributed by atoms with Crippen LogP contribution in [-0.4, -0.2) is 22.6 Å². The topological polar surface area (TPSA) is 81.2 Å². The van der Waals surface area contributed by atoms with E-state index in [1.807, 2.05) is 32.9 Å². The molecule has 1 aromatic carbocycles. The van der Waals surface area contributed by atoms with Crippen molar-refractivity contribution in [2.75, 3.05) is 7.11 Å². The average molecular weight is 374 g/mol. The van der Waals surface area contributed by atoms with Crippen molar-refractivity contribution in [3.8, 4) is 0 Å². The van der Waals surface area contributed by atoms with Gasteiger partial charge in [-0.1, -0.05) is 30.8 Å². The third kappa shape index (κ3) is 4.76. The second kappa shape index (κ2) is 8.71. The lowest BCUT2D eigenvalue weighted by Gasteiger charge is -2.14. The van der Waals surface area contributed by atoms with E-state index in [0.717, 1.165) is 16.0 Å². The molecule has 0 saturated carbocycles. The number of rotatable bonds is 6. The van der Waals surface area contributed by atoms with Gasteiger partial charge in [-0.2, -0.15) is 0 Å². The highest BCUT2D eigenvalue weighted by Gasteiger charge is 2.15. The van der Waals surface area contributed by atoms with E-state index in [2.05, 4.69) is 15.8 Å². The van der Waals surface area contributed by atoms with Gasteiger partial charge in [0.2, 0.25) is 0 Å². The largest absolute Gasteiger partial charge is 0.466 e. The van der Waals surface area contributed by atoms with Crippen molar-refractivity contribution < 1.29 is 9.53 Å². The van der Waals surface area contributed by atoms with Gasteiger partial charge in [0.25, 0.3) is 5.56 Å². The number of H-pyrrole nitrogens is 1. The van der Waals surface area contributed by atoms with Gasteiger partial charge in [-0.15, -0.1) is 0 Å². The van der Waals surface area contributed by atoms with Gasteiger partial charge in [-0.3, -0.25) is 14.3 Å². The Bertz CT molecular complexity index is 937. The van der Waals surface area contributed by atoms with E-state index in [0.29, 0.717) is 17.0 Å². The highest BCUT2D eigenvalue weighted by Crippen LogP contribution is 2.30. The third-order valence-corrected chi connectivity index (χ3v) is 4.88. The zero-order valence-electron chi connectivity index (χ0n) is 15.3. The zero-order chi connectivity index (χ0) is 19.3. The molecule has 6 nitrogen and oxygen atoms in total. The van der Waals surface area contributed by atoms with E-state index in [4.69, 9.17) is 0 Å². The Morgan fingerprint density at radius 2 is 1.88 bits per heavy atom. The molecule has 1 N–H and O–H groups in total. The van der Waals surface area contributed by atoms with Crippen LogP contribution in [0.4, 0.5) is 0 Å². The minimum Gasteiger partial charge on any atom is -0.466 e. The summed E-state index contributed by atoms with van der Waals surface area (Å²) in [5.74, 6) is -0.498. The molecule has 0 unspecified atom stereocenters. The summed E-state index contributed by atoms with van der Waals surface area (Å²) >= 11 is 1.38. The first kappa shape index (κ1) is 19.8. The van der Waals surface area contributed by atoms with Crippen molar-refractivity contribution in [3.05, 3.63) is 67.9 Å². The summed E-state index contributed by atoms with van der Waals surface area (Å²) < 4.78 is 6.02. The fourth-order valence-corrected chi connectivity index (χ4v) is 3.95. The molecule has 0 amide bonds. The number of nitrogens with zero attached hydrogens (tertiary/aromatic N) is 1. The van der Waals surface area contributed by atoms with Gasteiger partial charge in [0, 0.05) is 23.1 Å². The van der Waals surface area contributed by atoms with E-state index >= 15 is 0 Å². The van der Waals surface area contributed by atoms with Gasteiger partial charge in [0.15, 0.2) is 0 Å². The number of esters is 1. The van der Waals surface area contributed by atoms with Crippen molar-refractivity contribution in [2.45, 2.75) is 43.7 Å². The van der Waals surface area contributed by atoms with Gasteiger partial charge >= 0.3 is 11.7 Å². The first-order valence-corrected chi connectivity index (χ1v) is 9.04. The van der Waals surface area contributed by atoms with Crippen LogP contribution < -0.4 is 11.2 Å². The quantitative estimate of drug-likeness (QED) is 0.477. The molecule has 7 heteroatoms. The number of methoxy groups -OCH3 is 1. The number of hydrogen-bond acceptors (Lipinski definition) is 5. The zero-order valence-corrected chi connectivity index (χ0v) is 16.1.